The van der Waals surface area contributed by atoms with Crippen LogP contribution in [0.15, 0.2) is 18.2 Å². The highest BCUT2D eigenvalue weighted by Crippen LogP contribution is 2.30. The van der Waals surface area contributed by atoms with E-state index in [1.165, 1.54) is 30.5 Å². The third-order valence-electron chi connectivity index (χ3n) is 4.09. The third-order valence-corrected chi connectivity index (χ3v) is 4.09. The monoisotopic (exact) mass is 245 g/mol. The van der Waals surface area contributed by atoms with Crippen molar-refractivity contribution in [3.63, 3.8) is 0 Å². The minimum absolute atomic E-state index is 0.145. The highest BCUT2D eigenvalue weighted by atomic mass is 15.2. The van der Waals surface area contributed by atoms with E-state index < -0.39 is 0 Å². The molecule has 3 N–H and O–H groups in total. The van der Waals surface area contributed by atoms with Crippen molar-refractivity contribution in [2.75, 3.05) is 6.54 Å². The number of hydrogen-bond acceptors (Lipinski definition) is 2. The number of nitrogens with zero attached hydrogens (tertiary/aromatic N) is 1. The molecule has 0 unspecified atom stereocenters. The van der Waals surface area contributed by atoms with Crippen LogP contribution in [0.5, 0.6) is 0 Å². The molecule has 3 nitrogen and oxygen atoms in total. The van der Waals surface area contributed by atoms with Crippen molar-refractivity contribution in [1.82, 2.24) is 4.90 Å². The molecule has 0 spiro atoms. The van der Waals surface area contributed by atoms with Crippen LogP contribution in [0.4, 0.5) is 0 Å². The van der Waals surface area contributed by atoms with E-state index in [2.05, 4.69) is 31.7 Å². The molecule has 0 amide bonds. The van der Waals surface area contributed by atoms with E-state index in [9.17, 15) is 0 Å². The zero-order valence-corrected chi connectivity index (χ0v) is 11.6. The number of benzene rings is 1. The van der Waals surface area contributed by atoms with Gasteiger partial charge < -0.3 is 5.73 Å². The molecule has 1 heterocycles. The van der Waals surface area contributed by atoms with Crippen molar-refractivity contribution in [2.45, 2.75) is 45.7 Å². The molecule has 1 aromatic rings. The van der Waals surface area contributed by atoms with Crippen molar-refractivity contribution in [3.05, 3.63) is 34.9 Å². The molecule has 1 saturated heterocycles. The van der Waals surface area contributed by atoms with Crippen LogP contribution >= 0.6 is 0 Å². The van der Waals surface area contributed by atoms with Gasteiger partial charge in [0, 0.05) is 17.6 Å². The molecular formula is C15H23N3. The molecule has 0 atom stereocenters. The van der Waals surface area contributed by atoms with Crippen LogP contribution in [0.25, 0.3) is 0 Å². The Bertz CT molecular complexity index is 463. The molecule has 0 saturated carbocycles. The molecule has 98 valence electrons. The van der Waals surface area contributed by atoms with Crippen molar-refractivity contribution >= 4 is 5.84 Å². The van der Waals surface area contributed by atoms with Gasteiger partial charge in [0.25, 0.3) is 0 Å². The second-order valence-electron chi connectivity index (χ2n) is 5.89. The molecule has 1 aliphatic heterocycles. The molecule has 1 aliphatic rings. The first-order chi connectivity index (χ1) is 8.40. The minimum Gasteiger partial charge on any atom is -0.384 e. The summed E-state index contributed by atoms with van der Waals surface area (Å²) < 4.78 is 0. The smallest absolute Gasteiger partial charge is 0.122 e. The third kappa shape index (κ3) is 2.56. The lowest BCUT2D eigenvalue weighted by Crippen LogP contribution is -2.37. The summed E-state index contributed by atoms with van der Waals surface area (Å²) in [6.07, 6.45) is 2.56. The van der Waals surface area contributed by atoms with E-state index in [1.54, 1.807) is 0 Å². The molecule has 1 aromatic carbocycles. The lowest BCUT2D eigenvalue weighted by Gasteiger charge is -2.32. The van der Waals surface area contributed by atoms with E-state index in [0.717, 1.165) is 12.1 Å². The molecule has 0 aromatic heterocycles. The highest BCUT2D eigenvalue weighted by Gasteiger charge is 2.31. The summed E-state index contributed by atoms with van der Waals surface area (Å²) in [6.45, 7) is 8.92. The van der Waals surface area contributed by atoms with Crippen LogP contribution in [-0.2, 0) is 6.54 Å². The Morgan fingerprint density at radius 2 is 2.17 bits per heavy atom. The van der Waals surface area contributed by atoms with Crippen LogP contribution in [0.2, 0.25) is 0 Å². The molecular weight excluding hydrogens is 222 g/mol. The number of amidine groups is 1. The summed E-state index contributed by atoms with van der Waals surface area (Å²) in [7, 11) is 0. The van der Waals surface area contributed by atoms with Crippen LogP contribution in [0.3, 0.4) is 0 Å². The van der Waals surface area contributed by atoms with Crippen molar-refractivity contribution < 1.29 is 0 Å². The van der Waals surface area contributed by atoms with Gasteiger partial charge in [-0.1, -0.05) is 12.1 Å². The summed E-state index contributed by atoms with van der Waals surface area (Å²) in [6, 6.07) is 6.08. The van der Waals surface area contributed by atoms with Gasteiger partial charge in [-0.2, -0.15) is 0 Å². The number of nitrogens with one attached hydrogen (secondary N) is 1. The number of likely N-dealkylation sites (tertiary alicyclic amines) is 1. The summed E-state index contributed by atoms with van der Waals surface area (Å²) >= 11 is 0. The Morgan fingerprint density at radius 3 is 2.67 bits per heavy atom. The van der Waals surface area contributed by atoms with Gasteiger partial charge in [0.1, 0.15) is 5.84 Å². The zero-order chi connectivity index (χ0) is 13.3. The Labute approximate surface area is 109 Å². The van der Waals surface area contributed by atoms with E-state index >= 15 is 0 Å². The van der Waals surface area contributed by atoms with Gasteiger partial charge in [-0.3, -0.25) is 10.3 Å². The van der Waals surface area contributed by atoms with Crippen LogP contribution in [-0.4, -0.2) is 22.8 Å². The predicted molar refractivity (Wildman–Crippen MR) is 75.9 cm³/mol. The number of nitrogen functional groups attached to an aromatic ring is 1. The molecule has 2 rings (SSSR count). The normalized spacial score (nSPS) is 19.1. The van der Waals surface area contributed by atoms with Gasteiger partial charge in [-0.05, 0) is 57.4 Å². The van der Waals surface area contributed by atoms with Crippen LogP contribution < -0.4 is 5.73 Å². The largest absolute Gasteiger partial charge is 0.384 e. The fourth-order valence-electron chi connectivity index (χ4n) is 2.70. The van der Waals surface area contributed by atoms with Gasteiger partial charge in [0.2, 0.25) is 0 Å². The SMILES string of the molecule is Cc1cc(C(=N)N)ccc1CN1CCCC1(C)C. The van der Waals surface area contributed by atoms with E-state index in [-0.39, 0.29) is 5.84 Å². The maximum absolute atomic E-state index is 7.46. The number of nitrogens with two attached hydrogens (primary N) is 1. The van der Waals surface area contributed by atoms with Crippen LogP contribution in [0, 0.1) is 12.3 Å². The second-order valence-corrected chi connectivity index (χ2v) is 5.89. The van der Waals surface area contributed by atoms with Gasteiger partial charge in [0.15, 0.2) is 0 Å². The van der Waals surface area contributed by atoms with Crippen molar-refractivity contribution in [2.24, 2.45) is 5.73 Å². The quantitative estimate of drug-likeness (QED) is 0.635. The molecule has 0 bridgehead atoms. The van der Waals surface area contributed by atoms with Crippen molar-refractivity contribution in [1.29, 1.82) is 5.41 Å². The highest BCUT2D eigenvalue weighted by molar-refractivity contribution is 5.95. The lowest BCUT2D eigenvalue weighted by molar-refractivity contribution is 0.166. The zero-order valence-electron chi connectivity index (χ0n) is 11.6. The topological polar surface area (TPSA) is 53.1 Å². The maximum atomic E-state index is 7.46. The summed E-state index contributed by atoms with van der Waals surface area (Å²) in [5.74, 6) is 0.145. The first-order valence-corrected chi connectivity index (χ1v) is 6.59. The van der Waals surface area contributed by atoms with Crippen molar-refractivity contribution in [3.8, 4) is 0 Å². The summed E-state index contributed by atoms with van der Waals surface area (Å²) in [5, 5.41) is 7.46. The fourth-order valence-corrected chi connectivity index (χ4v) is 2.70. The lowest BCUT2D eigenvalue weighted by atomic mass is 10.00. The number of aryl methyl sites for hydroxylation is 1. The Morgan fingerprint density at radius 1 is 1.44 bits per heavy atom. The van der Waals surface area contributed by atoms with E-state index in [4.69, 9.17) is 11.1 Å². The van der Waals surface area contributed by atoms with Crippen LogP contribution in [0.1, 0.15) is 43.4 Å². The molecule has 3 heteroatoms. The van der Waals surface area contributed by atoms with Gasteiger partial charge >= 0.3 is 0 Å². The standard InChI is InChI=1S/C15H23N3/c1-11-9-12(14(16)17)5-6-13(11)10-18-8-4-7-15(18,2)3/h5-6,9H,4,7-8,10H2,1-3H3,(H3,16,17). The maximum Gasteiger partial charge on any atom is 0.122 e. The average molecular weight is 245 g/mol. The molecule has 1 fully saturated rings. The Balaban J connectivity index is 2.17. The second kappa shape index (κ2) is 4.73. The fraction of sp³-hybridized carbons (Fsp3) is 0.533. The van der Waals surface area contributed by atoms with E-state index in [0.29, 0.717) is 5.54 Å². The van der Waals surface area contributed by atoms with Gasteiger partial charge in [-0.15, -0.1) is 0 Å². The number of rotatable bonds is 3. The van der Waals surface area contributed by atoms with Gasteiger partial charge in [-0.25, -0.2) is 0 Å². The Kier molecular flexibility index (Phi) is 3.44. The first kappa shape index (κ1) is 13.1. The average Bonchev–Trinajstić information content (AvgIpc) is 2.61. The first-order valence-electron chi connectivity index (χ1n) is 6.59. The van der Waals surface area contributed by atoms with E-state index in [1.807, 2.05) is 12.1 Å². The Hall–Kier alpha value is -1.35. The number of hydrogen-bond donors (Lipinski definition) is 2. The molecule has 0 radical (unpaired) electrons. The molecule has 0 aliphatic carbocycles. The summed E-state index contributed by atoms with van der Waals surface area (Å²) in [4.78, 5) is 2.54. The van der Waals surface area contributed by atoms with Gasteiger partial charge in [0.05, 0.1) is 0 Å². The predicted octanol–water partition coefficient (Wildman–Crippen LogP) is 2.65. The molecule has 18 heavy (non-hydrogen) atoms. The minimum atomic E-state index is 0.145. The summed E-state index contributed by atoms with van der Waals surface area (Å²) in [5.41, 5.74) is 9.21.